The van der Waals surface area contributed by atoms with Crippen molar-refractivity contribution in [2.75, 3.05) is 22.7 Å². The SMILES string of the molecule is C=CCOc1cc(F)c(F)c(Cc2ccc(I)cc2)c1NS(=O)(=O)C1(CC=C)CC1.O=S1(=O)Nc2c(cc(F)c(F)c2Cc2ccc(I)cc2)OC/C=C/CC12CC2. The number of allylic oxidation sites excluding steroid dienone is 2. The molecule has 2 fully saturated rings. The van der Waals surface area contributed by atoms with Gasteiger partial charge < -0.3 is 9.47 Å². The number of fused-ring (bicyclic) bond motifs is 1. The van der Waals surface area contributed by atoms with E-state index in [2.05, 4.69) is 67.8 Å². The van der Waals surface area contributed by atoms with Gasteiger partial charge in [-0.2, -0.15) is 0 Å². The second-order valence-electron chi connectivity index (χ2n) is 14.3. The van der Waals surface area contributed by atoms with Crippen LogP contribution >= 0.6 is 45.2 Å². The van der Waals surface area contributed by atoms with Crippen molar-refractivity contribution in [1.29, 1.82) is 0 Å². The summed E-state index contributed by atoms with van der Waals surface area (Å²) in [7, 11) is -7.67. The summed E-state index contributed by atoms with van der Waals surface area (Å²) in [4.78, 5) is 0. The standard InChI is InChI=1S/C22H22F2INO3S.C20H18F2INO3S/c1-3-9-22(10-11-22)30(27,28)26-21-17(13-15-5-7-16(25)8-6-15)20(24)18(23)14-19(21)29-12-4-2;21-16-12-17-19(15(18(16)22)11-13-3-5-14(23)6-4-13)24-28(25,26)20(8-9-20)7-1-2-10-27-17/h3-8,14,26H,1-2,9-13H2;1-6,12,24H,7-11H2/b;2-1+. The van der Waals surface area contributed by atoms with Gasteiger partial charge >= 0.3 is 0 Å². The Bertz CT molecular complexity index is 2460. The molecule has 58 heavy (non-hydrogen) atoms. The molecule has 2 saturated carbocycles. The molecular weight excluding hydrogens is 1020 g/mol. The number of hydrogen-bond donors (Lipinski definition) is 2. The number of nitrogens with one attached hydrogen (secondary N) is 2. The molecule has 4 aromatic carbocycles. The molecule has 0 amide bonds. The van der Waals surface area contributed by atoms with Gasteiger partial charge in [-0.05, 0) is 119 Å². The van der Waals surface area contributed by atoms with E-state index in [0.29, 0.717) is 37.7 Å². The zero-order valence-corrected chi connectivity index (χ0v) is 37.0. The average molecular weight is 1060 g/mol. The minimum atomic E-state index is -3.88. The summed E-state index contributed by atoms with van der Waals surface area (Å²) in [5.41, 5.74) is 1.20. The lowest BCUT2D eigenvalue weighted by molar-refractivity contribution is 0.358. The second kappa shape index (κ2) is 17.9. The molecule has 2 aliphatic carbocycles. The smallest absolute Gasteiger partial charge is 0.238 e. The molecule has 0 saturated heterocycles. The highest BCUT2D eigenvalue weighted by Gasteiger charge is 2.55. The lowest BCUT2D eigenvalue weighted by Gasteiger charge is -2.22. The monoisotopic (exact) mass is 1060 g/mol. The van der Waals surface area contributed by atoms with Gasteiger partial charge in [0.15, 0.2) is 23.3 Å². The molecular formula is C42H40F4I2N2O6S2. The number of rotatable bonds is 12. The summed E-state index contributed by atoms with van der Waals surface area (Å²) in [6.07, 6.45) is 9.21. The first kappa shape index (κ1) is 43.9. The second-order valence-corrected chi connectivity index (χ2v) is 21.0. The van der Waals surface area contributed by atoms with Gasteiger partial charge in [0.05, 0.1) is 20.9 Å². The Labute approximate surface area is 363 Å². The summed E-state index contributed by atoms with van der Waals surface area (Å²) >= 11 is 4.30. The van der Waals surface area contributed by atoms with E-state index in [9.17, 15) is 34.4 Å². The van der Waals surface area contributed by atoms with Crippen LogP contribution in [-0.4, -0.2) is 39.5 Å². The van der Waals surface area contributed by atoms with Crippen molar-refractivity contribution in [2.45, 2.75) is 60.9 Å². The van der Waals surface area contributed by atoms with Gasteiger partial charge in [0.25, 0.3) is 0 Å². The van der Waals surface area contributed by atoms with Crippen LogP contribution in [0.1, 0.15) is 60.8 Å². The van der Waals surface area contributed by atoms with E-state index in [0.717, 1.165) is 24.8 Å². The van der Waals surface area contributed by atoms with Crippen LogP contribution in [0.2, 0.25) is 0 Å². The zero-order chi connectivity index (χ0) is 41.9. The van der Waals surface area contributed by atoms with Crippen LogP contribution in [0.5, 0.6) is 11.5 Å². The van der Waals surface area contributed by atoms with Crippen LogP contribution in [0, 0.1) is 30.4 Å². The predicted octanol–water partition coefficient (Wildman–Crippen LogP) is 10.3. The van der Waals surface area contributed by atoms with E-state index in [1.54, 1.807) is 42.5 Å². The number of ether oxygens (including phenoxy) is 2. The molecule has 1 spiro atoms. The van der Waals surface area contributed by atoms with Gasteiger partial charge in [-0.1, -0.05) is 55.1 Å². The van der Waals surface area contributed by atoms with E-state index >= 15 is 0 Å². The van der Waals surface area contributed by atoms with Gasteiger partial charge in [-0.3, -0.25) is 9.44 Å². The average Bonchev–Trinajstić information content (AvgIpc) is 4.13. The van der Waals surface area contributed by atoms with Crippen LogP contribution in [0.3, 0.4) is 0 Å². The fourth-order valence-electron chi connectivity index (χ4n) is 6.55. The normalized spacial score (nSPS) is 17.6. The predicted molar refractivity (Wildman–Crippen MR) is 235 cm³/mol. The van der Waals surface area contributed by atoms with Gasteiger partial charge in [-0.15, -0.1) is 6.58 Å². The van der Waals surface area contributed by atoms with Gasteiger partial charge in [0.2, 0.25) is 20.0 Å². The van der Waals surface area contributed by atoms with Crippen molar-refractivity contribution in [3.05, 3.63) is 151 Å². The van der Waals surface area contributed by atoms with Crippen molar-refractivity contribution < 1.29 is 43.9 Å². The van der Waals surface area contributed by atoms with Crippen molar-refractivity contribution in [2.24, 2.45) is 0 Å². The molecule has 1 aliphatic heterocycles. The quantitative estimate of drug-likeness (QED) is 0.0831. The maximum Gasteiger partial charge on any atom is 0.238 e. The summed E-state index contributed by atoms with van der Waals surface area (Å²) in [6.45, 7) is 7.35. The third-order valence-corrected chi connectivity index (χ3v) is 16.1. The van der Waals surface area contributed by atoms with Gasteiger partial charge in [0, 0.05) is 43.2 Å². The Morgan fingerprint density at radius 2 is 1.40 bits per heavy atom. The van der Waals surface area contributed by atoms with E-state index in [-0.39, 0.29) is 66.5 Å². The molecule has 0 aromatic heterocycles. The molecule has 4 aromatic rings. The lowest BCUT2D eigenvalue weighted by atomic mass is 10.0. The highest BCUT2D eigenvalue weighted by molar-refractivity contribution is 14.1. The Morgan fingerprint density at radius 1 is 0.828 bits per heavy atom. The minimum Gasteiger partial charge on any atom is -0.487 e. The number of benzene rings is 4. The first-order valence-corrected chi connectivity index (χ1v) is 23.3. The van der Waals surface area contributed by atoms with Crippen molar-refractivity contribution in [3.63, 3.8) is 0 Å². The fourth-order valence-corrected chi connectivity index (χ4v) is 10.6. The molecule has 16 heteroatoms. The zero-order valence-electron chi connectivity index (χ0n) is 31.1. The summed E-state index contributed by atoms with van der Waals surface area (Å²) < 4.78 is 127. The molecule has 3 aliphatic rings. The Balaban J connectivity index is 0.000000196. The Kier molecular flexibility index (Phi) is 13.6. The van der Waals surface area contributed by atoms with Crippen LogP contribution in [0.25, 0.3) is 0 Å². The van der Waals surface area contributed by atoms with Crippen LogP contribution < -0.4 is 18.9 Å². The molecule has 2 N–H and O–H groups in total. The summed E-state index contributed by atoms with van der Waals surface area (Å²) in [6, 6.07) is 16.3. The molecule has 0 radical (unpaired) electrons. The maximum absolute atomic E-state index is 14.9. The number of anilines is 2. The molecule has 308 valence electrons. The minimum absolute atomic E-state index is 0.00270. The van der Waals surface area contributed by atoms with Gasteiger partial charge in [0.1, 0.15) is 24.7 Å². The Hall–Kier alpha value is -3.62. The van der Waals surface area contributed by atoms with Crippen molar-refractivity contribution >= 4 is 76.6 Å². The highest BCUT2D eigenvalue weighted by Crippen LogP contribution is 2.50. The molecule has 0 bridgehead atoms. The highest BCUT2D eigenvalue weighted by atomic mass is 127. The van der Waals surface area contributed by atoms with Gasteiger partial charge in [-0.25, -0.2) is 34.4 Å². The van der Waals surface area contributed by atoms with Crippen LogP contribution in [-0.2, 0) is 32.9 Å². The maximum atomic E-state index is 14.9. The largest absolute Gasteiger partial charge is 0.487 e. The molecule has 0 unspecified atom stereocenters. The third kappa shape index (κ3) is 9.70. The first-order chi connectivity index (χ1) is 27.5. The summed E-state index contributed by atoms with van der Waals surface area (Å²) in [5.74, 6) is -4.44. The molecule has 1 heterocycles. The molecule has 8 nitrogen and oxygen atoms in total. The molecule has 0 atom stereocenters. The number of sulfonamides is 2. The number of hydrogen-bond acceptors (Lipinski definition) is 6. The van der Waals surface area contributed by atoms with E-state index < -0.39 is 52.8 Å². The lowest BCUT2D eigenvalue weighted by Crippen LogP contribution is -2.30. The van der Waals surface area contributed by atoms with Crippen molar-refractivity contribution in [1.82, 2.24) is 0 Å². The van der Waals surface area contributed by atoms with E-state index in [1.807, 2.05) is 24.3 Å². The van der Waals surface area contributed by atoms with Crippen molar-refractivity contribution in [3.8, 4) is 11.5 Å². The van der Waals surface area contributed by atoms with E-state index in [4.69, 9.17) is 9.47 Å². The molecule has 7 rings (SSSR count). The fraction of sp³-hybridized carbons (Fsp3) is 0.286. The first-order valence-electron chi connectivity index (χ1n) is 18.2. The van der Waals surface area contributed by atoms with Crippen LogP contribution in [0.4, 0.5) is 28.9 Å². The Morgan fingerprint density at radius 3 is 1.95 bits per heavy atom. The van der Waals surface area contributed by atoms with E-state index in [1.165, 1.54) is 6.08 Å². The topological polar surface area (TPSA) is 111 Å². The van der Waals surface area contributed by atoms with Crippen LogP contribution in [0.15, 0.2) is 98.1 Å². The third-order valence-electron chi connectivity index (χ3n) is 10.2. The summed E-state index contributed by atoms with van der Waals surface area (Å²) in [5, 5.41) is 0. The number of halogens is 6.